The van der Waals surface area contributed by atoms with Crippen molar-refractivity contribution in [1.29, 1.82) is 0 Å². The number of nitrogens with zero attached hydrogens (tertiary/aromatic N) is 1. The summed E-state index contributed by atoms with van der Waals surface area (Å²) in [6.45, 7) is 2.70. The molecular formula is C17H17N3. The second-order valence-corrected chi connectivity index (χ2v) is 4.76. The lowest BCUT2D eigenvalue weighted by atomic mass is 10.0. The molecule has 0 fully saturated rings. The summed E-state index contributed by atoms with van der Waals surface area (Å²) < 4.78 is 0. The second-order valence-electron chi connectivity index (χ2n) is 4.76. The highest BCUT2D eigenvalue weighted by Gasteiger charge is 2.04. The number of anilines is 1. The van der Waals surface area contributed by atoms with Crippen LogP contribution in [0, 0.1) is 6.92 Å². The molecule has 0 spiro atoms. The predicted octanol–water partition coefficient (Wildman–Crippen LogP) is 4.00. The number of nitrogens with one attached hydrogen (secondary N) is 2. The van der Waals surface area contributed by atoms with Crippen molar-refractivity contribution in [2.45, 2.75) is 13.5 Å². The number of imidazole rings is 1. The van der Waals surface area contributed by atoms with Crippen LogP contribution in [0.5, 0.6) is 0 Å². The Morgan fingerprint density at radius 2 is 1.75 bits per heavy atom. The molecule has 0 unspecified atom stereocenters. The molecule has 0 amide bonds. The lowest BCUT2D eigenvalue weighted by Gasteiger charge is -2.11. The van der Waals surface area contributed by atoms with Crippen LogP contribution in [0.3, 0.4) is 0 Å². The summed E-state index contributed by atoms with van der Waals surface area (Å²) in [7, 11) is 0. The zero-order chi connectivity index (χ0) is 13.8. The van der Waals surface area contributed by atoms with E-state index in [0.717, 1.165) is 23.8 Å². The van der Waals surface area contributed by atoms with Crippen molar-refractivity contribution in [3.8, 4) is 11.1 Å². The van der Waals surface area contributed by atoms with Gasteiger partial charge >= 0.3 is 0 Å². The van der Waals surface area contributed by atoms with Gasteiger partial charge in [0.05, 0.1) is 18.4 Å². The van der Waals surface area contributed by atoms with E-state index in [1.807, 2.05) is 25.3 Å². The van der Waals surface area contributed by atoms with E-state index in [1.165, 1.54) is 11.1 Å². The number of para-hydroxylation sites is 1. The molecule has 2 aromatic carbocycles. The third-order valence-corrected chi connectivity index (χ3v) is 3.24. The van der Waals surface area contributed by atoms with Gasteiger partial charge in [-0.2, -0.15) is 0 Å². The summed E-state index contributed by atoms with van der Waals surface area (Å²) in [4.78, 5) is 7.45. The Hall–Kier alpha value is -2.55. The van der Waals surface area contributed by atoms with E-state index in [4.69, 9.17) is 0 Å². The van der Waals surface area contributed by atoms with E-state index < -0.39 is 0 Å². The van der Waals surface area contributed by atoms with Crippen molar-refractivity contribution in [2.75, 3.05) is 5.32 Å². The number of hydrogen-bond donors (Lipinski definition) is 2. The molecule has 3 nitrogen and oxygen atoms in total. The summed E-state index contributed by atoms with van der Waals surface area (Å²) in [5, 5.41) is 3.47. The summed E-state index contributed by atoms with van der Waals surface area (Å²) >= 11 is 0. The molecule has 0 aliphatic carbocycles. The van der Waals surface area contributed by atoms with Gasteiger partial charge in [0.25, 0.3) is 0 Å². The maximum atomic E-state index is 4.21. The predicted molar refractivity (Wildman–Crippen MR) is 82.5 cm³/mol. The van der Waals surface area contributed by atoms with Gasteiger partial charge in [0.15, 0.2) is 0 Å². The van der Waals surface area contributed by atoms with Crippen LogP contribution in [0.15, 0.2) is 60.8 Å². The molecule has 0 saturated heterocycles. The normalized spacial score (nSPS) is 10.4. The standard InChI is InChI=1S/C17H17N3/c1-13-18-11-15(20-13)12-19-17-10-6-5-9-16(17)14-7-3-2-4-8-14/h2-11,19H,12H2,1H3,(H,18,20). The smallest absolute Gasteiger partial charge is 0.103 e. The van der Waals surface area contributed by atoms with Gasteiger partial charge < -0.3 is 10.3 Å². The second kappa shape index (κ2) is 5.61. The Bertz CT molecular complexity index is 686. The molecule has 1 aromatic heterocycles. The number of aryl methyl sites for hydroxylation is 1. The van der Waals surface area contributed by atoms with E-state index in [-0.39, 0.29) is 0 Å². The molecule has 3 heteroatoms. The summed E-state index contributed by atoms with van der Waals surface area (Å²) in [6, 6.07) is 18.8. The first-order chi connectivity index (χ1) is 9.83. The molecule has 1 heterocycles. The van der Waals surface area contributed by atoms with Crippen molar-refractivity contribution in [3.63, 3.8) is 0 Å². The van der Waals surface area contributed by atoms with Crippen molar-refractivity contribution in [2.24, 2.45) is 0 Å². The quantitative estimate of drug-likeness (QED) is 0.747. The van der Waals surface area contributed by atoms with E-state index in [2.05, 4.69) is 57.7 Å². The van der Waals surface area contributed by atoms with Crippen molar-refractivity contribution in [3.05, 3.63) is 72.3 Å². The Balaban J connectivity index is 1.83. The van der Waals surface area contributed by atoms with Gasteiger partial charge in [-0.3, -0.25) is 0 Å². The molecule has 0 atom stereocenters. The van der Waals surface area contributed by atoms with Crippen LogP contribution in [-0.2, 0) is 6.54 Å². The van der Waals surface area contributed by atoms with E-state index in [9.17, 15) is 0 Å². The molecular weight excluding hydrogens is 246 g/mol. The minimum absolute atomic E-state index is 0.741. The van der Waals surface area contributed by atoms with E-state index in [1.54, 1.807) is 0 Å². The van der Waals surface area contributed by atoms with Crippen LogP contribution in [0.1, 0.15) is 11.5 Å². The largest absolute Gasteiger partial charge is 0.379 e. The molecule has 100 valence electrons. The highest BCUT2D eigenvalue weighted by atomic mass is 15.0. The van der Waals surface area contributed by atoms with Gasteiger partial charge in [0.2, 0.25) is 0 Å². The lowest BCUT2D eigenvalue weighted by Crippen LogP contribution is -2.01. The van der Waals surface area contributed by atoms with E-state index >= 15 is 0 Å². The Kier molecular flexibility index (Phi) is 3.50. The minimum atomic E-state index is 0.741. The first-order valence-electron chi connectivity index (χ1n) is 6.72. The summed E-state index contributed by atoms with van der Waals surface area (Å²) in [5.74, 6) is 0.943. The first kappa shape index (κ1) is 12.5. The molecule has 0 radical (unpaired) electrons. The summed E-state index contributed by atoms with van der Waals surface area (Å²) in [5.41, 5.74) is 4.65. The average molecular weight is 263 g/mol. The molecule has 20 heavy (non-hydrogen) atoms. The van der Waals surface area contributed by atoms with Crippen molar-refractivity contribution < 1.29 is 0 Å². The van der Waals surface area contributed by atoms with Gasteiger partial charge in [-0.05, 0) is 18.6 Å². The first-order valence-corrected chi connectivity index (χ1v) is 6.72. The van der Waals surface area contributed by atoms with Gasteiger partial charge in [0, 0.05) is 11.3 Å². The Morgan fingerprint density at radius 1 is 1.00 bits per heavy atom. The van der Waals surface area contributed by atoms with Crippen LogP contribution >= 0.6 is 0 Å². The maximum Gasteiger partial charge on any atom is 0.103 e. The van der Waals surface area contributed by atoms with Crippen LogP contribution in [0.2, 0.25) is 0 Å². The SMILES string of the molecule is Cc1ncc(CNc2ccccc2-c2ccccc2)[nH]1. The molecule has 0 bridgehead atoms. The Labute approximate surface area is 118 Å². The van der Waals surface area contributed by atoms with Gasteiger partial charge in [0.1, 0.15) is 5.82 Å². The van der Waals surface area contributed by atoms with Crippen LogP contribution < -0.4 is 5.32 Å². The topological polar surface area (TPSA) is 40.7 Å². The minimum Gasteiger partial charge on any atom is -0.379 e. The number of rotatable bonds is 4. The monoisotopic (exact) mass is 263 g/mol. The number of benzene rings is 2. The molecule has 0 saturated carbocycles. The third kappa shape index (κ3) is 2.72. The molecule has 3 aromatic rings. The highest BCUT2D eigenvalue weighted by molar-refractivity contribution is 5.77. The zero-order valence-corrected chi connectivity index (χ0v) is 11.4. The van der Waals surface area contributed by atoms with Gasteiger partial charge in [-0.1, -0.05) is 48.5 Å². The van der Waals surface area contributed by atoms with E-state index in [0.29, 0.717) is 0 Å². The van der Waals surface area contributed by atoms with Gasteiger partial charge in [-0.25, -0.2) is 4.98 Å². The van der Waals surface area contributed by atoms with Crippen LogP contribution in [0.4, 0.5) is 5.69 Å². The molecule has 3 rings (SSSR count). The Morgan fingerprint density at radius 3 is 2.50 bits per heavy atom. The number of H-pyrrole nitrogens is 1. The highest BCUT2D eigenvalue weighted by Crippen LogP contribution is 2.27. The molecule has 0 aliphatic heterocycles. The van der Waals surface area contributed by atoms with Crippen LogP contribution in [0.25, 0.3) is 11.1 Å². The number of aromatic amines is 1. The lowest BCUT2D eigenvalue weighted by molar-refractivity contribution is 1.05. The van der Waals surface area contributed by atoms with Crippen LogP contribution in [-0.4, -0.2) is 9.97 Å². The third-order valence-electron chi connectivity index (χ3n) is 3.24. The zero-order valence-electron chi connectivity index (χ0n) is 11.4. The number of aromatic nitrogens is 2. The van der Waals surface area contributed by atoms with Gasteiger partial charge in [-0.15, -0.1) is 0 Å². The number of hydrogen-bond acceptors (Lipinski definition) is 2. The molecule has 2 N–H and O–H groups in total. The maximum absolute atomic E-state index is 4.21. The van der Waals surface area contributed by atoms with Crippen molar-refractivity contribution >= 4 is 5.69 Å². The fourth-order valence-corrected chi connectivity index (χ4v) is 2.26. The van der Waals surface area contributed by atoms with Crippen molar-refractivity contribution in [1.82, 2.24) is 9.97 Å². The fraction of sp³-hybridized carbons (Fsp3) is 0.118. The average Bonchev–Trinajstić information content (AvgIpc) is 2.92. The fourth-order valence-electron chi connectivity index (χ4n) is 2.26. The molecule has 0 aliphatic rings. The summed E-state index contributed by atoms with van der Waals surface area (Å²) in [6.07, 6.45) is 1.87.